The molecule has 3 aliphatic rings. The number of carbonyl (C=O) groups is 3. The number of rotatable bonds is 5. The predicted molar refractivity (Wildman–Crippen MR) is 106 cm³/mol. The second-order valence-corrected chi connectivity index (χ2v) is 8.60. The van der Waals surface area contributed by atoms with Crippen LogP contribution in [0.4, 0.5) is 0 Å². The Hall–Kier alpha value is -2.17. The van der Waals surface area contributed by atoms with Crippen molar-refractivity contribution in [2.24, 2.45) is 11.8 Å². The maximum atomic E-state index is 12.5. The zero-order chi connectivity index (χ0) is 19.7. The van der Waals surface area contributed by atoms with Crippen LogP contribution in [0.25, 0.3) is 0 Å². The number of likely N-dealkylation sites (tertiary alicyclic amines) is 1. The van der Waals surface area contributed by atoms with E-state index in [-0.39, 0.29) is 48.6 Å². The van der Waals surface area contributed by atoms with Crippen molar-refractivity contribution in [1.29, 1.82) is 0 Å². The van der Waals surface area contributed by atoms with E-state index in [1.54, 1.807) is 0 Å². The van der Waals surface area contributed by atoms with Gasteiger partial charge in [0.25, 0.3) is 0 Å². The highest BCUT2D eigenvalue weighted by Gasteiger charge is 2.47. The average Bonchev–Trinajstić information content (AvgIpc) is 2.96. The van der Waals surface area contributed by atoms with E-state index in [4.69, 9.17) is 0 Å². The van der Waals surface area contributed by atoms with Crippen molar-refractivity contribution in [3.63, 3.8) is 0 Å². The molecule has 0 spiro atoms. The van der Waals surface area contributed by atoms with Gasteiger partial charge in [-0.25, -0.2) is 0 Å². The standard InChI is InChI=1S/C23H30N2O3/c1-15(17-11-10-16-6-2-3-7-18(16)14-17)24-21(26)12-13-25-22(27)19-8-4-5-9-20(19)23(25)28/h10-11,14-15,19-20H,2-9,12-13H2,1H3,(H,24,26)/t15-,19+,20+/m1/s1. The first-order chi connectivity index (χ1) is 13.5. The van der Waals surface area contributed by atoms with Gasteiger partial charge in [-0.1, -0.05) is 31.0 Å². The first kappa shape index (κ1) is 19.2. The van der Waals surface area contributed by atoms with Gasteiger partial charge < -0.3 is 5.32 Å². The molecule has 1 aliphatic heterocycles. The summed E-state index contributed by atoms with van der Waals surface area (Å²) in [6.45, 7) is 2.19. The number of benzene rings is 1. The largest absolute Gasteiger partial charge is 0.350 e. The molecular formula is C23H30N2O3. The lowest BCUT2D eigenvalue weighted by Gasteiger charge is -2.20. The molecule has 1 saturated carbocycles. The van der Waals surface area contributed by atoms with Crippen molar-refractivity contribution in [2.75, 3.05) is 6.54 Å². The van der Waals surface area contributed by atoms with Crippen LogP contribution in [-0.4, -0.2) is 29.2 Å². The Morgan fingerprint density at radius 1 is 1.04 bits per heavy atom. The fourth-order valence-corrected chi connectivity index (χ4v) is 5.08. The average molecular weight is 383 g/mol. The van der Waals surface area contributed by atoms with Crippen molar-refractivity contribution >= 4 is 17.7 Å². The lowest BCUT2D eigenvalue weighted by Crippen LogP contribution is -2.36. The quantitative estimate of drug-likeness (QED) is 0.795. The van der Waals surface area contributed by atoms with Gasteiger partial charge in [0, 0.05) is 13.0 Å². The molecule has 3 amide bonds. The third-order valence-corrected chi connectivity index (χ3v) is 6.74. The number of fused-ring (bicyclic) bond motifs is 2. The molecule has 0 radical (unpaired) electrons. The van der Waals surface area contributed by atoms with Crippen LogP contribution in [0, 0.1) is 11.8 Å². The topological polar surface area (TPSA) is 66.5 Å². The summed E-state index contributed by atoms with van der Waals surface area (Å²) >= 11 is 0. The molecule has 5 heteroatoms. The van der Waals surface area contributed by atoms with Crippen LogP contribution >= 0.6 is 0 Å². The lowest BCUT2D eigenvalue weighted by atomic mass is 9.81. The molecular weight excluding hydrogens is 352 g/mol. The summed E-state index contributed by atoms with van der Waals surface area (Å²) in [6.07, 6.45) is 8.60. The van der Waals surface area contributed by atoms with Gasteiger partial charge in [-0.3, -0.25) is 19.3 Å². The third kappa shape index (κ3) is 3.71. The van der Waals surface area contributed by atoms with Gasteiger partial charge in [0.05, 0.1) is 17.9 Å². The normalized spacial score (nSPS) is 25.2. The van der Waals surface area contributed by atoms with E-state index in [0.29, 0.717) is 0 Å². The van der Waals surface area contributed by atoms with Crippen LogP contribution in [0.15, 0.2) is 18.2 Å². The highest BCUT2D eigenvalue weighted by Crippen LogP contribution is 2.38. The van der Waals surface area contributed by atoms with Crippen LogP contribution < -0.4 is 5.32 Å². The molecule has 0 bridgehead atoms. The van der Waals surface area contributed by atoms with Crippen LogP contribution in [0.5, 0.6) is 0 Å². The van der Waals surface area contributed by atoms with Crippen LogP contribution in [0.2, 0.25) is 0 Å². The van der Waals surface area contributed by atoms with Gasteiger partial charge in [-0.15, -0.1) is 0 Å². The number of nitrogens with one attached hydrogen (secondary N) is 1. The Kier molecular flexibility index (Phi) is 5.51. The van der Waals surface area contributed by atoms with E-state index < -0.39 is 0 Å². The summed E-state index contributed by atoms with van der Waals surface area (Å²) in [5.74, 6) is -0.520. The maximum Gasteiger partial charge on any atom is 0.233 e. The second kappa shape index (κ2) is 8.06. The SMILES string of the molecule is C[C@@H](NC(=O)CCN1C(=O)[C@H]2CCCC[C@@H]2C1=O)c1ccc2c(c1)CCCC2. The zero-order valence-corrected chi connectivity index (χ0v) is 16.7. The van der Waals surface area contributed by atoms with Gasteiger partial charge in [0.1, 0.15) is 0 Å². The molecule has 5 nitrogen and oxygen atoms in total. The summed E-state index contributed by atoms with van der Waals surface area (Å²) in [4.78, 5) is 38.8. The molecule has 3 atom stereocenters. The Bertz CT molecular complexity index is 764. The number of amides is 3. The van der Waals surface area contributed by atoms with Crippen LogP contribution in [0.3, 0.4) is 0 Å². The molecule has 4 rings (SSSR count). The molecule has 2 aliphatic carbocycles. The highest BCUT2D eigenvalue weighted by atomic mass is 16.2. The number of hydrogen-bond acceptors (Lipinski definition) is 3. The second-order valence-electron chi connectivity index (χ2n) is 8.60. The first-order valence-electron chi connectivity index (χ1n) is 10.8. The number of hydrogen-bond donors (Lipinski definition) is 1. The maximum absolute atomic E-state index is 12.5. The van der Waals surface area contributed by atoms with Crippen LogP contribution in [-0.2, 0) is 27.2 Å². The number of aryl methyl sites for hydroxylation is 2. The minimum Gasteiger partial charge on any atom is -0.350 e. The van der Waals surface area contributed by atoms with E-state index in [9.17, 15) is 14.4 Å². The predicted octanol–water partition coefficient (Wildman–Crippen LogP) is 3.31. The summed E-state index contributed by atoms with van der Waals surface area (Å²) in [6, 6.07) is 6.44. The van der Waals surface area contributed by atoms with Crippen molar-refractivity contribution in [1.82, 2.24) is 10.2 Å². The van der Waals surface area contributed by atoms with Gasteiger partial charge in [-0.05, 0) is 62.1 Å². The Labute approximate surface area is 166 Å². The molecule has 1 N–H and O–H groups in total. The summed E-state index contributed by atoms with van der Waals surface area (Å²) in [5.41, 5.74) is 3.95. The Balaban J connectivity index is 1.32. The molecule has 1 aromatic rings. The number of imide groups is 1. The molecule has 28 heavy (non-hydrogen) atoms. The highest BCUT2D eigenvalue weighted by molar-refractivity contribution is 6.05. The summed E-state index contributed by atoms with van der Waals surface area (Å²) < 4.78 is 0. The van der Waals surface area contributed by atoms with Gasteiger partial charge in [0.2, 0.25) is 17.7 Å². The fraction of sp³-hybridized carbons (Fsp3) is 0.609. The Morgan fingerprint density at radius 2 is 1.68 bits per heavy atom. The van der Waals surface area contributed by atoms with Crippen LogP contribution in [0.1, 0.15) is 74.6 Å². The molecule has 1 saturated heterocycles. The van der Waals surface area contributed by atoms with Crippen molar-refractivity contribution in [2.45, 2.75) is 70.8 Å². The molecule has 0 aromatic heterocycles. The minimum atomic E-state index is -0.140. The van der Waals surface area contributed by atoms with Gasteiger partial charge in [-0.2, -0.15) is 0 Å². The van der Waals surface area contributed by atoms with Crippen molar-refractivity contribution in [3.8, 4) is 0 Å². The molecule has 1 heterocycles. The molecule has 1 aromatic carbocycles. The molecule has 2 fully saturated rings. The minimum absolute atomic E-state index is 0.0646. The number of nitrogens with zero attached hydrogens (tertiary/aromatic N) is 1. The smallest absolute Gasteiger partial charge is 0.233 e. The number of carbonyl (C=O) groups excluding carboxylic acids is 3. The van der Waals surface area contributed by atoms with E-state index in [1.807, 2.05) is 6.92 Å². The molecule has 150 valence electrons. The molecule has 0 unspecified atom stereocenters. The first-order valence-corrected chi connectivity index (χ1v) is 10.8. The monoisotopic (exact) mass is 382 g/mol. The fourth-order valence-electron chi connectivity index (χ4n) is 5.08. The van der Waals surface area contributed by atoms with E-state index >= 15 is 0 Å². The van der Waals surface area contributed by atoms with E-state index in [0.717, 1.165) is 44.1 Å². The zero-order valence-electron chi connectivity index (χ0n) is 16.7. The van der Waals surface area contributed by atoms with E-state index in [2.05, 4.69) is 23.5 Å². The van der Waals surface area contributed by atoms with Gasteiger partial charge in [0.15, 0.2) is 0 Å². The van der Waals surface area contributed by atoms with E-state index in [1.165, 1.54) is 28.9 Å². The summed E-state index contributed by atoms with van der Waals surface area (Å²) in [7, 11) is 0. The summed E-state index contributed by atoms with van der Waals surface area (Å²) in [5, 5.41) is 3.03. The van der Waals surface area contributed by atoms with Gasteiger partial charge >= 0.3 is 0 Å². The lowest BCUT2D eigenvalue weighted by molar-refractivity contribution is -0.140. The van der Waals surface area contributed by atoms with Crippen molar-refractivity contribution < 1.29 is 14.4 Å². The van der Waals surface area contributed by atoms with Crippen molar-refractivity contribution in [3.05, 3.63) is 34.9 Å². The Morgan fingerprint density at radius 3 is 2.36 bits per heavy atom. The third-order valence-electron chi connectivity index (χ3n) is 6.74.